The molecule has 0 aliphatic carbocycles. The summed E-state index contributed by atoms with van der Waals surface area (Å²) in [6, 6.07) is 13.1. The number of hydrogen-bond acceptors (Lipinski definition) is 4. The molecular formula is C19H23N3O3S. The summed E-state index contributed by atoms with van der Waals surface area (Å²) >= 11 is 0. The van der Waals surface area contributed by atoms with Gasteiger partial charge >= 0.3 is 0 Å². The van der Waals surface area contributed by atoms with Gasteiger partial charge in [-0.3, -0.25) is 9.52 Å². The molecule has 1 fully saturated rings. The lowest BCUT2D eigenvalue weighted by Crippen LogP contribution is -2.29. The van der Waals surface area contributed by atoms with Gasteiger partial charge in [-0.05, 0) is 62.2 Å². The molecule has 0 spiro atoms. The molecule has 3 N–H and O–H groups in total. The van der Waals surface area contributed by atoms with Crippen LogP contribution in [0.25, 0.3) is 0 Å². The second-order valence-electron chi connectivity index (χ2n) is 6.64. The zero-order valence-electron chi connectivity index (χ0n) is 14.7. The van der Waals surface area contributed by atoms with E-state index in [1.165, 1.54) is 12.1 Å². The van der Waals surface area contributed by atoms with Gasteiger partial charge in [0.1, 0.15) is 0 Å². The fourth-order valence-corrected chi connectivity index (χ4v) is 4.06. The normalized spacial score (nSPS) is 17.3. The second-order valence-corrected chi connectivity index (χ2v) is 8.32. The summed E-state index contributed by atoms with van der Waals surface area (Å²) < 4.78 is 27.5. The van der Waals surface area contributed by atoms with Crippen molar-refractivity contribution in [3.63, 3.8) is 0 Å². The minimum absolute atomic E-state index is 0.0867. The predicted molar refractivity (Wildman–Crippen MR) is 101 cm³/mol. The van der Waals surface area contributed by atoms with Crippen molar-refractivity contribution in [1.82, 2.24) is 4.90 Å². The van der Waals surface area contributed by atoms with Gasteiger partial charge in [0.05, 0.1) is 4.90 Å². The number of rotatable bonds is 5. The first-order valence-electron chi connectivity index (χ1n) is 8.58. The van der Waals surface area contributed by atoms with Gasteiger partial charge in [0.15, 0.2) is 0 Å². The zero-order chi connectivity index (χ0) is 18.7. The molecule has 2 aromatic carbocycles. The van der Waals surface area contributed by atoms with Crippen LogP contribution in [0.4, 0.5) is 5.69 Å². The van der Waals surface area contributed by atoms with Crippen molar-refractivity contribution in [2.45, 2.75) is 18.2 Å². The average molecular weight is 373 g/mol. The number of aryl methyl sites for hydroxylation is 1. The lowest BCUT2D eigenvalue weighted by molar-refractivity contribution is 0.0787. The number of nitrogens with two attached hydrogens (primary N) is 1. The van der Waals surface area contributed by atoms with Gasteiger partial charge in [-0.15, -0.1) is 0 Å². The molecule has 0 aromatic heterocycles. The largest absolute Gasteiger partial charge is 0.338 e. The monoisotopic (exact) mass is 373 g/mol. The Morgan fingerprint density at radius 3 is 2.38 bits per heavy atom. The molecule has 1 aliphatic heterocycles. The molecule has 6 nitrogen and oxygen atoms in total. The summed E-state index contributed by atoms with van der Waals surface area (Å²) in [5.41, 5.74) is 7.70. The van der Waals surface area contributed by atoms with E-state index >= 15 is 0 Å². The van der Waals surface area contributed by atoms with Crippen molar-refractivity contribution in [3.8, 4) is 0 Å². The van der Waals surface area contributed by atoms with Crippen LogP contribution in [-0.2, 0) is 10.0 Å². The van der Waals surface area contributed by atoms with E-state index in [2.05, 4.69) is 4.72 Å². The quantitative estimate of drug-likeness (QED) is 0.840. The Labute approximate surface area is 154 Å². The number of carbonyl (C=O) groups is 1. The molecule has 1 atom stereocenters. The van der Waals surface area contributed by atoms with Gasteiger partial charge < -0.3 is 10.6 Å². The van der Waals surface area contributed by atoms with Crippen LogP contribution in [0.3, 0.4) is 0 Å². The molecule has 138 valence electrons. The summed E-state index contributed by atoms with van der Waals surface area (Å²) in [6.45, 7) is 3.86. The number of nitrogens with zero attached hydrogens (tertiary/aromatic N) is 1. The number of hydrogen-bond donors (Lipinski definition) is 2. The maximum absolute atomic E-state index is 12.5. The van der Waals surface area contributed by atoms with Crippen LogP contribution in [0.5, 0.6) is 0 Å². The number of likely N-dealkylation sites (tertiary alicyclic amines) is 1. The van der Waals surface area contributed by atoms with E-state index in [0.717, 1.165) is 12.0 Å². The van der Waals surface area contributed by atoms with Crippen LogP contribution >= 0.6 is 0 Å². The number of anilines is 1. The van der Waals surface area contributed by atoms with Crippen LogP contribution in [0, 0.1) is 12.8 Å². The first-order chi connectivity index (χ1) is 12.4. The fraction of sp³-hybridized carbons (Fsp3) is 0.316. The van der Waals surface area contributed by atoms with Gasteiger partial charge in [-0.1, -0.05) is 17.7 Å². The van der Waals surface area contributed by atoms with Crippen molar-refractivity contribution in [3.05, 3.63) is 59.7 Å². The molecule has 1 unspecified atom stereocenters. The molecular weight excluding hydrogens is 350 g/mol. The topological polar surface area (TPSA) is 92.5 Å². The maximum atomic E-state index is 12.5. The predicted octanol–water partition coefficient (Wildman–Crippen LogP) is 2.22. The molecule has 2 aromatic rings. The zero-order valence-corrected chi connectivity index (χ0v) is 15.5. The lowest BCUT2D eigenvalue weighted by Gasteiger charge is -2.16. The van der Waals surface area contributed by atoms with Gasteiger partial charge in [0, 0.05) is 24.3 Å². The molecule has 7 heteroatoms. The Morgan fingerprint density at radius 2 is 1.81 bits per heavy atom. The Balaban J connectivity index is 1.72. The molecule has 0 bridgehead atoms. The van der Waals surface area contributed by atoms with Crippen LogP contribution in [0.15, 0.2) is 53.4 Å². The highest BCUT2D eigenvalue weighted by atomic mass is 32.2. The third-order valence-electron chi connectivity index (χ3n) is 4.62. The number of carbonyl (C=O) groups excluding carboxylic acids is 1. The van der Waals surface area contributed by atoms with Crippen molar-refractivity contribution in [1.29, 1.82) is 0 Å². The highest BCUT2D eigenvalue weighted by molar-refractivity contribution is 7.92. The number of nitrogens with one attached hydrogen (secondary N) is 1. The Morgan fingerprint density at radius 1 is 1.15 bits per heavy atom. The first kappa shape index (κ1) is 18.4. The summed E-state index contributed by atoms with van der Waals surface area (Å²) in [6.07, 6.45) is 0.912. The fourth-order valence-electron chi connectivity index (χ4n) is 3.00. The standard InChI is InChI=1S/C19H23N3O3S/c1-14-2-6-17(7-3-14)21-26(24,25)18-8-4-16(5-9-18)19(23)22-11-10-15(12-20)13-22/h2-9,15,21H,10-13,20H2,1H3. The third-order valence-corrected chi connectivity index (χ3v) is 6.02. The maximum Gasteiger partial charge on any atom is 0.261 e. The first-order valence-corrected chi connectivity index (χ1v) is 10.1. The molecule has 26 heavy (non-hydrogen) atoms. The Kier molecular flexibility index (Phi) is 5.29. The molecule has 1 saturated heterocycles. The van der Waals surface area contributed by atoms with Crippen molar-refractivity contribution < 1.29 is 13.2 Å². The van der Waals surface area contributed by atoms with Crippen LogP contribution in [-0.4, -0.2) is 38.9 Å². The van der Waals surface area contributed by atoms with E-state index in [-0.39, 0.29) is 10.8 Å². The molecule has 1 aliphatic rings. The highest BCUT2D eigenvalue weighted by Gasteiger charge is 2.26. The van der Waals surface area contributed by atoms with Gasteiger partial charge in [0.25, 0.3) is 15.9 Å². The molecule has 1 heterocycles. The number of benzene rings is 2. The number of amides is 1. The molecule has 3 rings (SSSR count). The summed E-state index contributed by atoms with van der Waals surface area (Å²) in [5, 5.41) is 0. The molecule has 0 saturated carbocycles. The van der Waals surface area contributed by atoms with E-state index in [9.17, 15) is 13.2 Å². The highest BCUT2D eigenvalue weighted by Crippen LogP contribution is 2.20. The number of sulfonamides is 1. The SMILES string of the molecule is Cc1ccc(NS(=O)(=O)c2ccc(C(=O)N3CCC(CN)C3)cc2)cc1. The third kappa shape index (κ3) is 4.05. The van der Waals surface area contributed by atoms with E-state index < -0.39 is 10.0 Å². The second kappa shape index (κ2) is 7.47. The van der Waals surface area contributed by atoms with Crippen molar-refractivity contribution >= 4 is 21.6 Å². The summed E-state index contributed by atoms with van der Waals surface area (Å²) in [7, 11) is -3.69. The van der Waals surface area contributed by atoms with Gasteiger partial charge in [0.2, 0.25) is 0 Å². The Bertz CT molecular complexity index is 877. The van der Waals surface area contributed by atoms with Crippen LogP contribution < -0.4 is 10.5 Å². The molecule has 1 amide bonds. The van der Waals surface area contributed by atoms with Crippen molar-refractivity contribution in [2.24, 2.45) is 11.7 Å². The smallest absolute Gasteiger partial charge is 0.261 e. The summed E-state index contributed by atoms with van der Waals surface area (Å²) in [4.78, 5) is 14.4. The van der Waals surface area contributed by atoms with E-state index in [1.54, 1.807) is 29.2 Å². The van der Waals surface area contributed by atoms with Crippen LogP contribution in [0.2, 0.25) is 0 Å². The molecule has 0 radical (unpaired) electrons. The minimum atomic E-state index is -3.69. The summed E-state index contributed by atoms with van der Waals surface area (Å²) in [5.74, 6) is 0.258. The van der Waals surface area contributed by atoms with Gasteiger partial charge in [-0.25, -0.2) is 8.42 Å². The van der Waals surface area contributed by atoms with E-state index in [1.807, 2.05) is 19.1 Å². The van der Waals surface area contributed by atoms with E-state index in [0.29, 0.717) is 36.8 Å². The van der Waals surface area contributed by atoms with Gasteiger partial charge in [-0.2, -0.15) is 0 Å². The van der Waals surface area contributed by atoms with E-state index in [4.69, 9.17) is 5.73 Å². The lowest BCUT2D eigenvalue weighted by atomic mass is 10.1. The minimum Gasteiger partial charge on any atom is -0.338 e. The Hall–Kier alpha value is -2.38. The van der Waals surface area contributed by atoms with Crippen molar-refractivity contribution in [2.75, 3.05) is 24.4 Å². The average Bonchev–Trinajstić information content (AvgIpc) is 3.12. The van der Waals surface area contributed by atoms with Crippen LogP contribution in [0.1, 0.15) is 22.3 Å².